The first-order valence-electron chi connectivity index (χ1n) is 4.64. The second-order valence-electron chi connectivity index (χ2n) is 3.45. The number of halogens is 1. The zero-order valence-corrected chi connectivity index (χ0v) is 9.22. The Labute approximate surface area is 88.3 Å². The van der Waals surface area contributed by atoms with Gasteiger partial charge in [-0.15, -0.1) is 0 Å². The molecule has 1 aromatic rings. The van der Waals surface area contributed by atoms with E-state index in [1.807, 2.05) is 0 Å². The minimum atomic E-state index is -0.497. The number of rotatable bonds is 4. The summed E-state index contributed by atoms with van der Waals surface area (Å²) in [6.07, 6.45) is -0.497. The number of hydrogen-bond acceptors (Lipinski definition) is 2. The predicted molar refractivity (Wildman–Crippen MR) is 59.0 cm³/mol. The summed E-state index contributed by atoms with van der Waals surface area (Å²) in [5.41, 5.74) is 0.777. The molecule has 0 heterocycles. The average Bonchev–Trinajstić information content (AvgIpc) is 2.15. The van der Waals surface area contributed by atoms with Gasteiger partial charge in [0.1, 0.15) is 5.82 Å². The molecule has 1 N–H and O–H groups in total. The molecule has 0 aliphatic rings. The first kappa shape index (κ1) is 11.5. The van der Waals surface area contributed by atoms with E-state index in [2.05, 4.69) is 13.8 Å². The van der Waals surface area contributed by atoms with Crippen LogP contribution in [-0.4, -0.2) is 16.1 Å². The summed E-state index contributed by atoms with van der Waals surface area (Å²) < 4.78 is 12.6. The summed E-state index contributed by atoms with van der Waals surface area (Å²) in [6, 6.07) is 6.00. The largest absolute Gasteiger partial charge is 0.388 e. The molecule has 0 saturated carbocycles. The van der Waals surface area contributed by atoms with E-state index in [0.29, 0.717) is 11.0 Å². The SMILES string of the molecule is CC(C)SCC(O)c1ccc(F)cc1. The van der Waals surface area contributed by atoms with Crippen molar-refractivity contribution in [1.29, 1.82) is 0 Å². The number of hydrogen-bond donors (Lipinski definition) is 1. The Bertz CT molecular complexity index is 271. The highest BCUT2D eigenvalue weighted by Gasteiger charge is 2.08. The van der Waals surface area contributed by atoms with Gasteiger partial charge in [0, 0.05) is 5.75 Å². The van der Waals surface area contributed by atoms with E-state index in [0.717, 1.165) is 5.56 Å². The van der Waals surface area contributed by atoms with Gasteiger partial charge < -0.3 is 5.11 Å². The van der Waals surface area contributed by atoms with Gasteiger partial charge in [0.15, 0.2) is 0 Å². The van der Waals surface area contributed by atoms with E-state index in [1.54, 1.807) is 23.9 Å². The first-order valence-corrected chi connectivity index (χ1v) is 5.69. The van der Waals surface area contributed by atoms with E-state index in [1.165, 1.54) is 12.1 Å². The van der Waals surface area contributed by atoms with Gasteiger partial charge in [-0.2, -0.15) is 11.8 Å². The lowest BCUT2D eigenvalue weighted by Gasteiger charge is -2.12. The second kappa shape index (κ2) is 5.37. The van der Waals surface area contributed by atoms with Crippen LogP contribution in [0.15, 0.2) is 24.3 Å². The Hall–Kier alpha value is -0.540. The monoisotopic (exact) mass is 214 g/mol. The predicted octanol–water partition coefficient (Wildman–Crippen LogP) is 3.00. The lowest BCUT2D eigenvalue weighted by atomic mass is 10.1. The van der Waals surface area contributed by atoms with Crippen molar-refractivity contribution in [2.75, 3.05) is 5.75 Å². The molecule has 1 unspecified atom stereocenters. The van der Waals surface area contributed by atoms with Crippen LogP contribution in [0.5, 0.6) is 0 Å². The van der Waals surface area contributed by atoms with Crippen LogP contribution in [0.25, 0.3) is 0 Å². The van der Waals surface area contributed by atoms with Gasteiger partial charge >= 0.3 is 0 Å². The summed E-state index contributed by atoms with van der Waals surface area (Å²) in [4.78, 5) is 0. The highest BCUT2D eigenvalue weighted by Crippen LogP contribution is 2.20. The summed E-state index contributed by atoms with van der Waals surface area (Å²) in [6.45, 7) is 4.17. The Morgan fingerprint density at radius 1 is 1.29 bits per heavy atom. The van der Waals surface area contributed by atoms with Crippen molar-refractivity contribution in [2.24, 2.45) is 0 Å². The van der Waals surface area contributed by atoms with Crippen molar-refractivity contribution in [3.63, 3.8) is 0 Å². The minimum Gasteiger partial charge on any atom is -0.388 e. The van der Waals surface area contributed by atoms with Gasteiger partial charge in [0.25, 0.3) is 0 Å². The molecule has 1 rings (SSSR count). The average molecular weight is 214 g/mol. The van der Waals surface area contributed by atoms with E-state index in [-0.39, 0.29) is 5.82 Å². The molecule has 1 atom stereocenters. The minimum absolute atomic E-state index is 0.266. The maximum absolute atomic E-state index is 12.6. The van der Waals surface area contributed by atoms with Crippen molar-refractivity contribution >= 4 is 11.8 Å². The summed E-state index contributed by atoms with van der Waals surface area (Å²) in [5, 5.41) is 10.2. The molecule has 78 valence electrons. The van der Waals surface area contributed by atoms with Crippen LogP contribution in [0, 0.1) is 5.82 Å². The summed E-state index contributed by atoms with van der Waals surface area (Å²) in [5.74, 6) is 0.390. The molecule has 0 aromatic heterocycles. The Morgan fingerprint density at radius 2 is 1.86 bits per heavy atom. The zero-order chi connectivity index (χ0) is 10.6. The Morgan fingerprint density at radius 3 is 2.36 bits per heavy atom. The van der Waals surface area contributed by atoms with E-state index in [9.17, 15) is 9.50 Å². The molecule has 0 amide bonds. The molecule has 0 saturated heterocycles. The molecule has 0 fully saturated rings. The fourth-order valence-corrected chi connectivity index (χ4v) is 1.82. The van der Waals surface area contributed by atoms with E-state index < -0.39 is 6.10 Å². The van der Waals surface area contributed by atoms with Gasteiger partial charge in [-0.05, 0) is 22.9 Å². The van der Waals surface area contributed by atoms with Crippen molar-refractivity contribution < 1.29 is 9.50 Å². The van der Waals surface area contributed by atoms with Gasteiger partial charge in [-0.25, -0.2) is 4.39 Å². The zero-order valence-electron chi connectivity index (χ0n) is 8.40. The topological polar surface area (TPSA) is 20.2 Å². The number of benzene rings is 1. The third kappa shape index (κ3) is 3.68. The van der Waals surface area contributed by atoms with E-state index >= 15 is 0 Å². The van der Waals surface area contributed by atoms with Crippen molar-refractivity contribution in [2.45, 2.75) is 25.2 Å². The van der Waals surface area contributed by atoms with Crippen molar-refractivity contribution in [1.82, 2.24) is 0 Å². The molecular weight excluding hydrogens is 199 g/mol. The van der Waals surface area contributed by atoms with Gasteiger partial charge in [-0.1, -0.05) is 26.0 Å². The fraction of sp³-hybridized carbons (Fsp3) is 0.455. The molecule has 0 radical (unpaired) electrons. The normalized spacial score (nSPS) is 13.2. The van der Waals surface area contributed by atoms with Crippen LogP contribution in [0.2, 0.25) is 0 Å². The van der Waals surface area contributed by atoms with Crippen LogP contribution < -0.4 is 0 Å². The summed E-state index contributed by atoms with van der Waals surface area (Å²) in [7, 11) is 0. The van der Waals surface area contributed by atoms with Crippen LogP contribution in [-0.2, 0) is 0 Å². The first-order chi connectivity index (χ1) is 6.59. The molecule has 1 nitrogen and oxygen atoms in total. The van der Waals surface area contributed by atoms with Crippen molar-refractivity contribution in [3.8, 4) is 0 Å². The Balaban J connectivity index is 2.52. The third-order valence-electron chi connectivity index (χ3n) is 1.84. The van der Waals surface area contributed by atoms with Gasteiger partial charge in [-0.3, -0.25) is 0 Å². The standard InChI is InChI=1S/C11H15FOS/c1-8(2)14-7-11(13)9-3-5-10(12)6-4-9/h3-6,8,11,13H,7H2,1-2H3. The molecule has 1 aromatic carbocycles. The smallest absolute Gasteiger partial charge is 0.123 e. The van der Waals surface area contributed by atoms with Gasteiger partial charge in [0.2, 0.25) is 0 Å². The van der Waals surface area contributed by atoms with Crippen LogP contribution >= 0.6 is 11.8 Å². The van der Waals surface area contributed by atoms with Gasteiger partial charge in [0.05, 0.1) is 6.10 Å². The fourth-order valence-electron chi connectivity index (χ4n) is 1.06. The molecule has 0 spiro atoms. The maximum atomic E-state index is 12.6. The molecule has 0 aliphatic heterocycles. The lowest BCUT2D eigenvalue weighted by Crippen LogP contribution is -2.03. The van der Waals surface area contributed by atoms with Crippen molar-refractivity contribution in [3.05, 3.63) is 35.6 Å². The number of thioether (sulfide) groups is 1. The Kier molecular flexibility index (Phi) is 4.42. The lowest BCUT2D eigenvalue weighted by molar-refractivity contribution is 0.204. The quantitative estimate of drug-likeness (QED) is 0.831. The third-order valence-corrected chi connectivity index (χ3v) is 3.02. The van der Waals surface area contributed by atoms with E-state index in [4.69, 9.17) is 0 Å². The molecule has 0 bridgehead atoms. The molecular formula is C11H15FOS. The number of aliphatic hydroxyl groups excluding tert-OH is 1. The molecule has 14 heavy (non-hydrogen) atoms. The maximum Gasteiger partial charge on any atom is 0.123 e. The molecule has 0 aliphatic carbocycles. The highest BCUT2D eigenvalue weighted by atomic mass is 32.2. The van der Waals surface area contributed by atoms with Crippen LogP contribution in [0.1, 0.15) is 25.5 Å². The molecule has 3 heteroatoms. The highest BCUT2D eigenvalue weighted by molar-refractivity contribution is 7.99. The second-order valence-corrected chi connectivity index (χ2v) is 5.06. The van der Waals surface area contributed by atoms with Crippen LogP contribution in [0.4, 0.5) is 4.39 Å². The van der Waals surface area contributed by atoms with Crippen LogP contribution in [0.3, 0.4) is 0 Å². The number of aliphatic hydroxyl groups is 1. The summed E-state index contributed by atoms with van der Waals surface area (Å²) >= 11 is 1.69.